The van der Waals surface area contributed by atoms with Gasteiger partial charge < -0.3 is 19.2 Å². The van der Waals surface area contributed by atoms with Crippen LogP contribution in [0.4, 0.5) is 4.39 Å². The molecule has 0 bridgehead atoms. The molecular weight excluding hydrogens is 377 g/mol. The SMILES string of the molecule is CCOC(=O)COc1ccc(/C=C(/C#N)c2nc3ccc(F)cc3[nH]2)cc1OC. The van der Waals surface area contributed by atoms with E-state index in [0.717, 1.165) is 0 Å². The molecule has 29 heavy (non-hydrogen) atoms. The van der Waals surface area contributed by atoms with Crippen molar-refractivity contribution in [2.24, 2.45) is 0 Å². The lowest BCUT2D eigenvalue weighted by atomic mass is 10.1. The average molecular weight is 395 g/mol. The molecule has 0 atom stereocenters. The number of H-pyrrole nitrogens is 1. The van der Waals surface area contributed by atoms with Gasteiger partial charge in [-0.3, -0.25) is 0 Å². The summed E-state index contributed by atoms with van der Waals surface area (Å²) in [6, 6.07) is 11.3. The Morgan fingerprint density at radius 1 is 1.28 bits per heavy atom. The number of fused-ring (bicyclic) bond motifs is 1. The van der Waals surface area contributed by atoms with E-state index in [1.807, 2.05) is 0 Å². The normalized spacial score (nSPS) is 11.2. The smallest absolute Gasteiger partial charge is 0.344 e. The van der Waals surface area contributed by atoms with Gasteiger partial charge in [0.25, 0.3) is 0 Å². The number of nitrogens with one attached hydrogen (secondary N) is 1. The van der Waals surface area contributed by atoms with E-state index in [-0.39, 0.29) is 18.8 Å². The highest BCUT2D eigenvalue weighted by Gasteiger charge is 2.11. The number of nitriles is 1. The minimum atomic E-state index is -0.480. The number of hydrogen-bond acceptors (Lipinski definition) is 6. The highest BCUT2D eigenvalue weighted by Crippen LogP contribution is 2.30. The number of hydrogen-bond donors (Lipinski definition) is 1. The number of carbonyl (C=O) groups is 1. The summed E-state index contributed by atoms with van der Waals surface area (Å²) in [5, 5.41) is 9.54. The second-order valence-corrected chi connectivity index (χ2v) is 5.92. The van der Waals surface area contributed by atoms with Crippen molar-refractivity contribution in [3.8, 4) is 17.6 Å². The van der Waals surface area contributed by atoms with E-state index in [2.05, 4.69) is 16.0 Å². The zero-order valence-electron chi connectivity index (χ0n) is 15.9. The highest BCUT2D eigenvalue weighted by molar-refractivity contribution is 5.90. The molecule has 7 nitrogen and oxygen atoms in total. The van der Waals surface area contributed by atoms with Crippen LogP contribution in [0.3, 0.4) is 0 Å². The van der Waals surface area contributed by atoms with Crippen molar-refractivity contribution in [2.75, 3.05) is 20.3 Å². The van der Waals surface area contributed by atoms with E-state index in [1.54, 1.807) is 37.3 Å². The lowest BCUT2D eigenvalue weighted by Gasteiger charge is -2.11. The minimum absolute atomic E-state index is 0.238. The first-order valence-corrected chi connectivity index (χ1v) is 8.78. The first-order valence-electron chi connectivity index (χ1n) is 8.78. The lowest BCUT2D eigenvalue weighted by Crippen LogP contribution is -2.14. The van der Waals surface area contributed by atoms with Crippen molar-refractivity contribution in [1.29, 1.82) is 5.26 Å². The highest BCUT2D eigenvalue weighted by atomic mass is 19.1. The van der Waals surface area contributed by atoms with E-state index >= 15 is 0 Å². The molecule has 0 unspecified atom stereocenters. The predicted molar refractivity (Wildman–Crippen MR) is 105 cm³/mol. The van der Waals surface area contributed by atoms with Crippen molar-refractivity contribution < 1.29 is 23.4 Å². The summed E-state index contributed by atoms with van der Waals surface area (Å²) in [6.07, 6.45) is 1.62. The number of carbonyl (C=O) groups excluding carboxylic acids is 1. The Hall–Kier alpha value is -3.86. The van der Waals surface area contributed by atoms with Crippen LogP contribution in [-0.2, 0) is 9.53 Å². The summed E-state index contributed by atoms with van der Waals surface area (Å²) in [4.78, 5) is 18.7. The largest absolute Gasteiger partial charge is 0.493 e. The van der Waals surface area contributed by atoms with E-state index in [4.69, 9.17) is 14.2 Å². The third-order valence-electron chi connectivity index (χ3n) is 3.97. The van der Waals surface area contributed by atoms with Crippen molar-refractivity contribution in [2.45, 2.75) is 6.92 Å². The number of benzene rings is 2. The maximum absolute atomic E-state index is 13.4. The van der Waals surface area contributed by atoms with Crippen LogP contribution >= 0.6 is 0 Å². The molecule has 0 aliphatic carbocycles. The van der Waals surface area contributed by atoms with Gasteiger partial charge in [0.2, 0.25) is 0 Å². The second kappa shape index (κ2) is 8.89. The Morgan fingerprint density at radius 3 is 2.83 bits per heavy atom. The Morgan fingerprint density at radius 2 is 2.10 bits per heavy atom. The summed E-state index contributed by atoms with van der Waals surface area (Å²) >= 11 is 0. The Bertz CT molecular complexity index is 1110. The minimum Gasteiger partial charge on any atom is -0.493 e. The van der Waals surface area contributed by atoms with Crippen LogP contribution in [0, 0.1) is 17.1 Å². The first kappa shape index (κ1) is 19.9. The third kappa shape index (κ3) is 4.71. The maximum Gasteiger partial charge on any atom is 0.344 e. The van der Waals surface area contributed by atoms with Crippen molar-refractivity contribution in [3.63, 3.8) is 0 Å². The van der Waals surface area contributed by atoms with Crippen LogP contribution in [-0.4, -0.2) is 36.3 Å². The van der Waals surface area contributed by atoms with Crippen LogP contribution in [0.5, 0.6) is 11.5 Å². The standard InChI is InChI=1S/C21H18FN3O4/c1-3-28-20(26)12-29-18-7-4-13(9-19(18)27-2)8-14(11-23)21-24-16-6-5-15(22)10-17(16)25-21/h4-10H,3,12H2,1-2H3,(H,24,25)/b14-8-. The van der Waals surface area contributed by atoms with Gasteiger partial charge in [0.15, 0.2) is 18.1 Å². The molecule has 3 rings (SSSR count). The van der Waals surface area contributed by atoms with Gasteiger partial charge in [-0.25, -0.2) is 14.2 Å². The van der Waals surface area contributed by atoms with Crippen LogP contribution in [0.15, 0.2) is 36.4 Å². The summed E-state index contributed by atoms with van der Waals surface area (Å²) in [5.74, 6) is 0.224. The second-order valence-electron chi connectivity index (χ2n) is 5.92. The summed E-state index contributed by atoms with van der Waals surface area (Å²) in [7, 11) is 1.47. The van der Waals surface area contributed by atoms with Gasteiger partial charge in [-0.15, -0.1) is 0 Å². The Balaban J connectivity index is 1.86. The number of allylic oxidation sites excluding steroid dienone is 1. The first-order chi connectivity index (χ1) is 14.0. The molecule has 148 valence electrons. The molecule has 2 aromatic carbocycles. The van der Waals surface area contributed by atoms with E-state index in [0.29, 0.717) is 33.9 Å². The molecule has 1 N–H and O–H groups in total. The number of aromatic nitrogens is 2. The molecule has 3 aromatic rings. The van der Waals surface area contributed by atoms with Gasteiger partial charge in [0.05, 0.1) is 30.3 Å². The Kier molecular flexibility index (Phi) is 6.09. The predicted octanol–water partition coefficient (Wildman–Crippen LogP) is 3.72. The topological polar surface area (TPSA) is 97.2 Å². The molecule has 1 aromatic heterocycles. The van der Waals surface area contributed by atoms with Crippen molar-refractivity contribution >= 4 is 28.7 Å². The van der Waals surface area contributed by atoms with Gasteiger partial charge in [0.1, 0.15) is 17.7 Å². The molecule has 8 heteroatoms. The molecule has 0 amide bonds. The molecule has 0 radical (unpaired) electrons. The number of rotatable bonds is 7. The fourth-order valence-corrected chi connectivity index (χ4v) is 2.66. The molecular formula is C21H18FN3O4. The summed E-state index contributed by atoms with van der Waals surface area (Å²) in [6.45, 7) is 1.75. The van der Waals surface area contributed by atoms with Crippen LogP contribution in [0.25, 0.3) is 22.7 Å². The van der Waals surface area contributed by atoms with Gasteiger partial charge in [-0.2, -0.15) is 5.26 Å². The summed E-state index contributed by atoms with van der Waals surface area (Å²) in [5.41, 5.74) is 1.99. The van der Waals surface area contributed by atoms with E-state index in [9.17, 15) is 14.4 Å². The number of imidazole rings is 1. The lowest BCUT2D eigenvalue weighted by molar-refractivity contribution is -0.145. The van der Waals surface area contributed by atoms with Crippen molar-refractivity contribution in [3.05, 3.63) is 53.6 Å². The number of halogens is 1. The monoisotopic (exact) mass is 395 g/mol. The average Bonchev–Trinajstić information content (AvgIpc) is 3.13. The molecule has 0 saturated carbocycles. The molecule has 0 fully saturated rings. The van der Waals surface area contributed by atoms with Crippen LogP contribution in [0.1, 0.15) is 18.3 Å². The molecule has 0 saturated heterocycles. The Labute approximate surface area is 166 Å². The molecule has 1 heterocycles. The molecule has 0 aliphatic heterocycles. The van der Waals surface area contributed by atoms with E-state index in [1.165, 1.54) is 19.2 Å². The van der Waals surface area contributed by atoms with Gasteiger partial charge in [0, 0.05) is 0 Å². The fraction of sp³-hybridized carbons (Fsp3) is 0.190. The number of nitrogens with zero attached hydrogens (tertiary/aromatic N) is 2. The van der Waals surface area contributed by atoms with Gasteiger partial charge >= 0.3 is 5.97 Å². The number of ether oxygens (including phenoxy) is 3. The van der Waals surface area contributed by atoms with E-state index < -0.39 is 11.8 Å². The fourth-order valence-electron chi connectivity index (χ4n) is 2.66. The zero-order valence-corrected chi connectivity index (χ0v) is 15.9. The zero-order chi connectivity index (χ0) is 20.8. The third-order valence-corrected chi connectivity index (χ3v) is 3.97. The maximum atomic E-state index is 13.4. The van der Waals surface area contributed by atoms with Gasteiger partial charge in [-0.1, -0.05) is 6.07 Å². The van der Waals surface area contributed by atoms with Gasteiger partial charge in [-0.05, 0) is 48.9 Å². The number of esters is 1. The van der Waals surface area contributed by atoms with Crippen LogP contribution < -0.4 is 9.47 Å². The number of aromatic amines is 1. The number of methoxy groups -OCH3 is 1. The molecule has 0 spiro atoms. The quantitative estimate of drug-likeness (QED) is 0.484. The molecule has 0 aliphatic rings. The van der Waals surface area contributed by atoms with Crippen LogP contribution in [0.2, 0.25) is 0 Å². The van der Waals surface area contributed by atoms with Crippen molar-refractivity contribution in [1.82, 2.24) is 9.97 Å². The summed E-state index contributed by atoms with van der Waals surface area (Å²) < 4.78 is 28.9.